The van der Waals surface area contributed by atoms with Crippen molar-refractivity contribution < 1.29 is 9.53 Å². The van der Waals surface area contributed by atoms with Crippen LogP contribution in [0.1, 0.15) is 18.9 Å². The molecular weight excluding hydrogens is 330 g/mol. The second kappa shape index (κ2) is 7.84. The highest BCUT2D eigenvalue weighted by Gasteiger charge is 2.06. The zero-order valence-electron chi connectivity index (χ0n) is 11.9. The van der Waals surface area contributed by atoms with Crippen LogP contribution >= 0.6 is 15.9 Å². The summed E-state index contributed by atoms with van der Waals surface area (Å²) < 4.78 is 6.33. The van der Waals surface area contributed by atoms with Crippen LogP contribution in [0.4, 0.5) is 5.69 Å². The molecule has 0 aliphatic heterocycles. The monoisotopic (exact) mass is 347 g/mol. The van der Waals surface area contributed by atoms with E-state index in [1.165, 1.54) is 5.56 Å². The van der Waals surface area contributed by atoms with Crippen molar-refractivity contribution >= 4 is 27.5 Å². The highest BCUT2D eigenvalue weighted by Crippen LogP contribution is 2.21. The predicted molar refractivity (Wildman–Crippen MR) is 88.7 cm³/mol. The van der Waals surface area contributed by atoms with Gasteiger partial charge in [-0.1, -0.05) is 37.6 Å². The van der Waals surface area contributed by atoms with Gasteiger partial charge in [0.05, 0.1) is 5.69 Å². The summed E-state index contributed by atoms with van der Waals surface area (Å²) in [4.78, 5) is 11.9. The number of halogens is 1. The second-order valence-corrected chi connectivity index (χ2v) is 5.56. The van der Waals surface area contributed by atoms with Crippen LogP contribution in [-0.2, 0) is 11.2 Å². The van der Waals surface area contributed by atoms with Crippen molar-refractivity contribution in [1.82, 2.24) is 0 Å². The highest BCUT2D eigenvalue weighted by molar-refractivity contribution is 9.10. The van der Waals surface area contributed by atoms with Gasteiger partial charge >= 0.3 is 0 Å². The molecule has 2 rings (SSSR count). The number of hydrogen-bond acceptors (Lipinski definition) is 2. The number of benzene rings is 2. The molecule has 1 N–H and O–H groups in total. The van der Waals surface area contributed by atoms with E-state index in [2.05, 4.69) is 28.2 Å². The molecule has 4 heteroatoms. The van der Waals surface area contributed by atoms with E-state index >= 15 is 0 Å². The minimum atomic E-state index is -0.181. The Hall–Kier alpha value is -1.81. The summed E-state index contributed by atoms with van der Waals surface area (Å²) in [6.07, 6.45) is 2.18. The molecular formula is C17H18BrNO2. The molecule has 3 nitrogen and oxygen atoms in total. The number of para-hydroxylation sites is 1. The number of aryl methyl sites for hydroxylation is 1. The molecule has 0 saturated carbocycles. The third-order valence-corrected chi connectivity index (χ3v) is 3.67. The van der Waals surface area contributed by atoms with Crippen LogP contribution in [0.5, 0.6) is 5.75 Å². The SMILES string of the molecule is CCCc1ccc(OCC(=O)Nc2ccccc2Br)cc1. The maximum absolute atomic E-state index is 11.9. The van der Waals surface area contributed by atoms with Crippen LogP contribution in [0.15, 0.2) is 53.0 Å². The summed E-state index contributed by atoms with van der Waals surface area (Å²) in [5, 5.41) is 2.80. The summed E-state index contributed by atoms with van der Waals surface area (Å²) in [6, 6.07) is 15.3. The third kappa shape index (κ3) is 4.90. The average Bonchev–Trinajstić information content (AvgIpc) is 2.49. The molecule has 0 fully saturated rings. The first-order chi connectivity index (χ1) is 10.2. The molecule has 2 aromatic rings. The van der Waals surface area contributed by atoms with Gasteiger partial charge in [-0.15, -0.1) is 0 Å². The van der Waals surface area contributed by atoms with E-state index in [0.29, 0.717) is 5.75 Å². The van der Waals surface area contributed by atoms with Crippen molar-refractivity contribution in [3.05, 3.63) is 58.6 Å². The Labute approximate surface area is 133 Å². The van der Waals surface area contributed by atoms with Gasteiger partial charge in [-0.05, 0) is 52.2 Å². The van der Waals surface area contributed by atoms with Gasteiger partial charge in [0.15, 0.2) is 6.61 Å². The van der Waals surface area contributed by atoms with E-state index in [1.807, 2.05) is 48.5 Å². The van der Waals surface area contributed by atoms with E-state index in [1.54, 1.807) is 0 Å². The number of ether oxygens (including phenoxy) is 1. The number of amides is 1. The Morgan fingerprint density at radius 3 is 2.52 bits per heavy atom. The second-order valence-electron chi connectivity index (χ2n) is 4.71. The van der Waals surface area contributed by atoms with Crippen molar-refractivity contribution in [1.29, 1.82) is 0 Å². The molecule has 0 aliphatic rings. The summed E-state index contributed by atoms with van der Waals surface area (Å²) in [5.74, 6) is 0.525. The Morgan fingerprint density at radius 2 is 1.86 bits per heavy atom. The van der Waals surface area contributed by atoms with Crippen molar-refractivity contribution in [2.24, 2.45) is 0 Å². The Kier molecular flexibility index (Phi) is 5.81. The maximum Gasteiger partial charge on any atom is 0.262 e. The molecule has 21 heavy (non-hydrogen) atoms. The minimum absolute atomic E-state index is 0.00550. The van der Waals surface area contributed by atoms with Crippen LogP contribution in [0, 0.1) is 0 Å². The van der Waals surface area contributed by atoms with Crippen molar-refractivity contribution in [3.8, 4) is 5.75 Å². The van der Waals surface area contributed by atoms with E-state index in [-0.39, 0.29) is 12.5 Å². The lowest BCUT2D eigenvalue weighted by Crippen LogP contribution is -2.20. The average molecular weight is 348 g/mol. The molecule has 0 atom stereocenters. The topological polar surface area (TPSA) is 38.3 Å². The van der Waals surface area contributed by atoms with Gasteiger partial charge in [-0.3, -0.25) is 4.79 Å². The predicted octanol–water partition coefficient (Wildman–Crippen LogP) is 4.42. The van der Waals surface area contributed by atoms with Gasteiger partial charge < -0.3 is 10.1 Å². The smallest absolute Gasteiger partial charge is 0.262 e. The Bertz CT molecular complexity index is 596. The zero-order valence-corrected chi connectivity index (χ0v) is 13.5. The molecule has 0 radical (unpaired) electrons. The fourth-order valence-corrected chi connectivity index (χ4v) is 2.32. The first kappa shape index (κ1) is 15.6. The summed E-state index contributed by atoms with van der Waals surface area (Å²) in [5.41, 5.74) is 2.02. The summed E-state index contributed by atoms with van der Waals surface area (Å²) >= 11 is 3.39. The number of carbonyl (C=O) groups excluding carboxylic acids is 1. The van der Waals surface area contributed by atoms with Crippen molar-refractivity contribution in [2.45, 2.75) is 19.8 Å². The molecule has 0 saturated heterocycles. The first-order valence-electron chi connectivity index (χ1n) is 6.95. The Balaban J connectivity index is 1.85. The lowest BCUT2D eigenvalue weighted by molar-refractivity contribution is -0.118. The van der Waals surface area contributed by atoms with E-state index in [9.17, 15) is 4.79 Å². The van der Waals surface area contributed by atoms with Crippen LogP contribution in [0.25, 0.3) is 0 Å². The molecule has 2 aromatic carbocycles. The van der Waals surface area contributed by atoms with Gasteiger partial charge in [0, 0.05) is 4.47 Å². The first-order valence-corrected chi connectivity index (χ1v) is 7.74. The third-order valence-electron chi connectivity index (χ3n) is 2.98. The lowest BCUT2D eigenvalue weighted by atomic mass is 10.1. The fourth-order valence-electron chi connectivity index (χ4n) is 1.94. The minimum Gasteiger partial charge on any atom is -0.484 e. The van der Waals surface area contributed by atoms with Crippen LogP contribution in [0.3, 0.4) is 0 Å². The number of anilines is 1. The number of carbonyl (C=O) groups is 1. The molecule has 0 spiro atoms. The Morgan fingerprint density at radius 1 is 1.14 bits per heavy atom. The maximum atomic E-state index is 11.9. The number of nitrogens with one attached hydrogen (secondary N) is 1. The van der Waals surface area contributed by atoms with Crippen LogP contribution in [0.2, 0.25) is 0 Å². The number of rotatable bonds is 6. The molecule has 110 valence electrons. The molecule has 0 aromatic heterocycles. The van der Waals surface area contributed by atoms with Crippen LogP contribution < -0.4 is 10.1 Å². The quantitative estimate of drug-likeness (QED) is 0.839. The van der Waals surface area contributed by atoms with Gasteiger partial charge in [0.25, 0.3) is 5.91 Å². The molecule has 1 amide bonds. The van der Waals surface area contributed by atoms with Crippen molar-refractivity contribution in [2.75, 3.05) is 11.9 Å². The molecule has 0 heterocycles. The summed E-state index contributed by atoms with van der Waals surface area (Å²) in [7, 11) is 0. The fraction of sp³-hybridized carbons (Fsp3) is 0.235. The largest absolute Gasteiger partial charge is 0.484 e. The van der Waals surface area contributed by atoms with Crippen molar-refractivity contribution in [3.63, 3.8) is 0 Å². The summed E-state index contributed by atoms with van der Waals surface area (Å²) in [6.45, 7) is 2.14. The molecule has 0 bridgehead atoms. The van der Waals surface area contributed by atoms with Crippen LogP contribution in [-0.4, -0.2) is 12.5 Å². The number of hydrogen-bond donors (Lipinski definition) is 1. The van der Waals surface area contributed by atoms with E-state index in [0.717, 1.165) is 23.0 Å². The van der Waals surface area contributed by atoms with E-state index in [4.69, 9.17) is 4.74 Å². The van der Waals surface area contributed by atoms with E-state index < -0.39 is 0 Å². The van der Waals surface area contributed by atoms with Gasteiger partial charge in [-0.2, -0.15) is 0 Å². The van der Waals surface area contributed by atoms with Gasteiger partial charge in [0.1, 0.15) is 5.75 Å². The molecule has 0 aliphatic carbocycles. The standard InChI is InChI=1S/C17H18BrNO2/c1-2-5-13-8-10-14(11-9-13)21-12-17(20)19-16-7-4-3-6-15(16)18/h3-4,6-11H,2,5,12H2,1H3,(H,19,20). The van der Waals surface area contributed by atoms with Gasteiger partial charge in [0.2, 0.25) is 0 Å². The molecule has 0 unspecified atom stereocenters. The zero-order chi connectivity index (χ0) is 15.1. The lowest BCUT2D eigenvalue weighted by Gasteiger charge is -2.09. The van der Waals surface area contributed by atoms with Gasteiger partial charge in [-0.25, -0.2) is 0 Å². The highest BCUT2D eigenvalue weighted by atomic mass is 79.9. The normalized spacial score (nSPS) is 10.2.